The Morgan fingerprint density at radius 3 is 2.69 bits per heavy atom. The summed E-state index contributed by atoms with van der Waals surface area (Å²) in [4.78, 5) is 28.2. The van der Waals surface area contributed by atoms with Crippen LogP contribution in [0.1, 0.15) is 31.2 Å². The van der Waals surface area contributed by atoms with Crippen molar-refractivity contribution in [1.29, 1.82) is 0 Å². The summed E-state index contributed by atoms with van der Waals surface area (Å²) in [7, 11) is 0. The van der Waals surface area contributed by atoms with Gasteiger partial charge in [0.25, 0.3) is 5.56 Å². The summed E-state index contributed by atoms with van der Waals surface area (Å²) in [5, 5.41) is 13.6. The van der Waals surface area contributed by atoms with Crippen LogP contribution in [0.2, 0.25) is 0 Å². The van der Waals surface area contributed by atoms with Crippen molar-refractivity contribution in [3.8, 4) is 5.75 Å². The van der Waals surface area contributed by atoms with Crippen molar-refractivity contribution in [3.05, 3.63) is 67.1 Å². The van der Waals surface area contributed by atoms with Crippen LogP contribution in [0.5, 0.6) is 5.75 Å². The Hall–Kier alpha value is -2.52. The first-order valence-electron chi connectivity index (χ1n) is 8.67. The number of hydrogen-bond donors (Lipinski definition) is 1. The molecule has 0 aliphatic carbocycles. The highest BCUT2D eigenvalue weighted by Gasteiger charge is 2.14. The molecular weight excluding hydrogens is 506 g/mol. The van der Waals surface area contributed by atoms with Gasteiger partial charge in [0.15, 0.2) is 6.61 Å². The Kier molecular flexibility index (Phi) is 6.49. The molecule has 0 aliphatic rings. The molecule has 0 spiro atoms. The van der Waals surface area contributed by atoms with Crippen molar-refractivity contribution in [1.82, 2.24) is 9.66 Å². The second-order valence-electron chi connectivity index (χ2n) is 6.52. The lowest BCUT2D eigenvalue weighted by Crippen LogP contribution is -2.23. The van der Waals surface area contributed by atoms with Gasteiger partial charge < -0.3 is 9.84 Å². The van der Waals surface area contributed by atoms with Gasteiger partial charge in [-0.05, 0) is 57.9 Å². The van der Waals surface area contributed by atoms with E-state index < -0.39 is 12.6 Å². The van der Waals surface area contributed by atoms with Crippen LogP contribution in [-0.2, 0) is 4.79 Å². The van der Waals surface area contributed by atoms with E-state index in [-0.39, 0.29) is 11.5 Å². The Balaban J connectivity index is 2.00. The van der Waals surface area contributed by atoms with Crippen LogP contribution in [0.4, 0.5) is 0 Å². The van der Waals surface area contributed by atoms with Gasteiger partial charge in [0.2, 0.25) is 0 Å². The predicted molar refractivity (Wildman–Crippen MR) is 118 cm³/mol. The van der Waals surface area contributed by atoms with Crippen LogP contribution in [0.15, 0.2) is 55.2 Å². The molecule has 0 saturated carbocycles. The van der Waals surface area contributed by atoms with E-state index in [1.165, 1.54) is 4.68 Å². The zero-order valence-corrected chi connectivity index (χ0v) is 18.8. The van der Waals surface area contributed by atoms with E-state index in [0.29, 0.717) is 32.5 Å². The fraction of sp³-hybridized carbons (Fsp3) is 0.200. The summed E-state index contributed by atoms with van der Waals surface area (Å²) < 4.78 is 7.86. The Labute approximate surface area is 183 Å². The van der Waals surface area contributed by atoms with E-state index in [4.69, 9.17) is 9.84 Å². The fourth-order valence-electron chi connectivity index (χ4n) is 2.63. The molecule has 0 amide bonds. The quantitative estimate of drug-likeness (QED) is 0.484. The molecule has 0 aliphatic heterocycles. The molecule has 0 saturated heterocycles. The van der Waals surface area contributed by atoms with Gasteiger partial charge in [0.05, 0.1) is 21.6 Å². The molecule has 2 aromatic carbocycles. The van der Waals surface area contributed by atoms with Crippen LogP contribution in [0.25, 0.3) is 10.9 Å². The number of carboxylic acid groups (broad SMARTS) is 1. The lowest BCUT2D eigenvalue weighted by Gasteiger charge is -2.12. The lowest BCUT2D eigenvalue weighted by atomic mass is 10.2. The van der Waals surface area contributed by atoms with Gasteiger partial charge in [0, 0.05) is 10.4 Å². The summed E-state index contributed by atoms with van der Waals surface area (Å²) in [6.45, 7) is 3.46. The second kappa shape index (κ2) is 8.87. The number of nitrogens with zero attached hydrogens (tertiary/aromatic N) is 3. The molecule has 150 valence electrons. The minimum Gasteiger partial charge on any atom is -0.481 e. The van der Waals surface area contributed by atoms with Crippen molar-refractivity contribution >= 4 is 54.9 Å². The Morgan fingerprint density at radius 2 is 2.03 bits per heavy atom. The van der Waals surface area contributed by atoms with Crippen LogP contribution in [0, 0.1) is 0 Å². The highest BCUT2D eigenvalue weighted by atomic mass is 79.9. The molecular formula is C20H17Br2N3O4. The predicted octanol–water partition coefficient (Wildman–Crippen LogP) is 4.39. The van der Waals surface area contributed by atoms with Crippen LogP contribution in [-0.4, -0.2) is 33.6 Å². The van der Waals surface area contributed by atoms with Crippen molar-refractivity contribution in [2.75, 3.05) is 6.61 Å². The van der Waals surface area contributed by atoms with Crippen molar-refractivity contribution in [2.45, 2.75) is 19.8 Å². The van der Waals surface area contributed by atoms with E-state index in [9.17, 15) is 9.59 Å². The molecule has 29 heavy (non-hydrogen) atoms. The topological polar surface area (TPSA) is 93.8 Å². The van der Waals surface area contributed by atoms with Crippen molar-refractivity contribution in [2.24, 2.45) is 5.10 Å². The normalized spacial score (nSPS) is 11.5. The van der Waals surface area contributed by atoms with E-state index >= 15 is 0 Å². The van der Waals surface area contributed by atoms with E-state index in [0.717, 1.165) is 4.47 Å². The van der Waals surface area contributed by atoms with Gasteiger partial charge in [-0.1, -0.05) is 29.8 Å². The molecule has 0 fully saturated rings. The van der Waals surface area contributed by atoms with Gasteiger partial charge in [-0.2, -0.15) is 9.78 Å². The first-order valence-corrected chi connectivity index (χ1v) is 10.3. The number of aliphatic carboxylic acids is 1. The van der Waals surface area contributed by atoms with Gasteiger partial charge in [0.1, 0.15) is 11.6 Å². The highest BCUT2D eigenvalue weighted by molar-refractivity contribution is 9.10. The maximum absolute atomic E-state index is 13.0. The van der Waals surface area contributed by atoms with Crippen molar-refractivity contribution < 1.29 is 14.6 Å². The van der Waals surface area contributed by atoms with E-state index in [1.807, 2.05) is 19.9 Å². The molecule has 7 nitrogen and oxygen atoms in total. The first kappa shape index (κ1) is 21.2. The van der Waals surface area contributed by atoms with E-state index in [2.05, 4.69) is 41.9 Å². The second-order valence-corrected chi connectivity index (χ2v) is 8.29. The molecule has 1 heterocycles. The Bertz CT molecular complexity index is 1170. The van der Waals surface area contributed by atoms with Gasteiger partial charge in [-0.3, -0.25) is 4.79 Å². The van der Waals surface area contributed by atoms with Crippen LogP contribution < -0.4 is 10.3 Å². The number of hydrogen-bond acceptors (Lipinski definition) is 5. The maximum Gasteiger partial charge on any atom is 0.341 e. The first-order chi connectivity index (χ1) is 13.8. The largest absolute Gasteiger partial charge is 0.481 e. The SMILES string of the molecule is CC(C)c1nc2ccc(Br)cc2c(=O)n1N=Cc1ccc(OCC(=O)O)c(Br)c1. The van der Waals surface area contributed by atoms with Crippen molar-refractivity contribution in [3.63, 3.8) is 0 Å². The third-order valence-electron chi connectivity index (χ3n) is 3.98. The minimum atomic E-state index is -1.06. The number of carboxylic acids is 1. The summed E-state index contributed by atoms with van der Waals surface area (Å²) in [5.74, 6) is -0.103. The Morgan fingerprint density at radius 1 is 1.28 bits per heavy atom. The number of benzene rings is 2. The smallest absolute Gasteiger partial charge is 0.341 e. The highest BCUT2D eigenvalue weighted by Crippen LogP contribution is 2.25. The van der Waals surface area contributed by atoms with Crippen LogP contribution in [0.3, 0.4) is 0 Å². The molecule has 0 unspecified atom stereocenters. The van der Waals surface area contributed by atoms with E-state index in [1.54, 1.807) is 36.5 Å². The molecule has 3 aromatic rings. The number of halogens is 2. The number of rotatable bonds is 6. The zero-order valence-electron chi connectivity index (χ0n) is 15.6. The zero-order chi connectivity index (χ0) is 21.1. The summed E-state index contributed by atoms with van der Waals surface area (Å²) in [6.07, 6.45) is 1.55. The molecule has 9 heteroatoms. The number of carbonyl (C=O) groups is 1. The third kappa shape index (κ3) is 4.91. The fourth-order valence-corrected chi connectivity index (χ4v) is 3.50. The minimum absolute atomic E-state index is 0.00794. The van der Waals surface area contributed by atoms with Gasteiger partial charge in [-0.15, -0.1) is 0 Å². The number of fused-ring (bicyclic) bond motifs is 1. The monoisotopic (exact) mass is 521 g/mol. The van der Waals surface area contributed by atoms with Gasteiger partial charge in [-0.25, -0.2) is 9.78 Å². The third-order valence-corrected chi connectivity index (χ3v) is 5.09. The summed E-state index contributed by atoms with van der Waals surface area (Å²) >= 11 is 6.73. The molecule has 0 bridgehead atoms. The number of ether oxygens (including phenoxy) is 1. The summed E-state index contributed by atoms with van der Waals surface area (Å²) in [6, 6.07) is 10.5. The lowest BCUT2D eigenvalue weighted by molar-refractivity contribution is -0.139. The molecule has 1 N–H and O–H groups in total. The van der Waals surface area contributed by atoms with Gasteiger partial charge >= 0.3 is 5.97 Å². The average molecular weight is 523 g/mol. The molecule has 1 aromatic heterocycles. The molecule has 0 atom stereocenters. The standard InChI is InChI=1S/C20H17Br2N3O4/c1-11(2)19-24-16-5-4-13(21)8-14(16)20(28)25(19)23-9-12-3-6-17(15(22)7-12)29-10-18(26)27/h3-9,11H,10H2,1-2H3,(H,26,27). The molecule has 3 rings (SSSR count). The van der Waals surface area contributed by atoms with Crippen LogP contribution >= 0.6 is 31.9 Å². The summed E-state index contributed by atoms with van der Waals surface area (Å²) in [5.41, 5.74) is 1.07. The molecule has 0 radical (unpaired) electrons. The number of aromatic nitrogens is 2. The maximum atomic E-state index is 13.0. The average Bonchev–Trinajstić information content (AvgIpc) is 2.66.